The van der Waals surface area contributed by atoms with Gasteiger partial charge in [-0.15, -0.1) is 0 Å². The molecule has 5 heterocycles. The Balaban J connectivity index is 0.000000153. The molecule has 0 atom stereocenters. The van der Waals surface area contributed by atoms with Crippen molar-refractivity contribution in [1.29, 1.82) is 5.26 Å². The van der Waals surface area contributed by atoms with E-state index in [1.165, 1.54) is 16.9 Å². The number of H-pyrrole nitrogens is 1. The lowest BCUT2D eigenvalue weighted by atomic mass is 10.1. The van der Waals surface area contributed by atoms with Crippen LogP contribution in [0.2, 0.25) is 0 Å². The van der Waals surface area contributed by atoms with Crippen LogP contribution < -0.4 is 4.90 Å². The molecule has 0 fully saturated rings. The van der Waals surface area contributed by atoms with Crippen molar-refractivity contribution < 1.29 is 4.39 Å². The van der Waals surface area contributed by atoms with E-state index in [4.69, 9.17) is 5.26 Å². The Hall–Kier alpha value is -3.80. The number of nitrogens with zero attached hydrogens (tertiary/aromatic N) is 7. The average molecular weight is 362 g/mol. The summed E-state index contributed by atoms with van der Waals surface area (Å²) in [5.41, 5.74) is 3.23. The fourth-order valence-corrected chi connectivity index (χ4v) is 2.96. The number of imidazole rings is 1. The molecular weight excluding hydrogens is 347 g/mol. The summed E-state index contributed by atoms with van der Waals surface area (Å²) in [6, 6.07) is 6.79. The largest absolute Gasteiger partial charge is 0.349 e. The fraction of sp³-hybridized carbons (Fsp3) is 0.167. The summed E-state index contributed by atoms with van der Waals surface area (Å²) < 4.78 is 14.3. The minimum atomic E-state index is -0.236. The molecule has 4 aromatic rings. The molecule has 9 heteroatoms. The van der Waals surface area contributed by atoms with Gasteiger partial charge in [0.15, 0.2) is 0 Å². The van der Waals surface area contributed by atoms with Crippen LogP contribution in [0, 0.1) is 17.1 Å². The predicted octanol–water partition coefficient (Wildman–Crippen LogP) is 2.11. The molecule has 4 aromatic heterocycles. The lowest BCUT2D eigenvalue weighted by Crippen LogP contribution is -2.31. The molecule has 5 rings (SSSR count). The molecule has 0 unspecified atom stereocenters. The number of anilines is 1. The van der Waals surface area contributed by atoms with Crippen molar-refractivity contribution in [3.05, 3.63) is 72.2 Å². The Morgan fingerprint density at radius 3 is 3.04 bits per heavy atom. The summed E-state index contributed by atoms with van der Waals surface area (Å²) in [4.78, 5) is 17.5. The number of fused-ring (bicyclic) bond motifs is 2. The first kappa shape index (κ1) is 16.7. The van der Waals surface area contributed by atoms with Gasteiger partial charge in [0, 0.05) is 19.2 Å². The molecule has 1 N–H and O–H groups in total. The second-order valence-electron chi connectivity index (χ2n) is 5.89. The van der Waals surface area contributed by atoms with Crippen molar-refractivity contribution in [1.82, 2.24) is 29.5 Å². The van der Waals surface area contributed by atoms with Gasteiger partial charge in [-0.3, -0.25) is 0 Å². The molecular formula is C18H15FN8. The van der Waals surface area contributed by atoms with Gasteiger partial charge in [0.2, 0.25) is 0 Å². The van der Waals surface area contributed by atoms with Gasteiger partial charge in [0.1, 0.15) is 35.1 Å². The molecule has 0 radical (unpaired) electrons. The molecule has 1 aliphatic rings. The number of aromatic nitrogens is 6. The molecule has 0 aromatic carbocycles. The van der Waals surface area contributed by atoms with Crippen LogP contribution in [0.5, 0.6) is 0 Å². The fourth-order valence-electron chi connectivity index (χ4n) is 2.96. The maximum atomic E-state index is 12.8. The SMILES string of the molecule is Fc1cccn2nccc12.N#Cc1cncnc1N1CCc2nc[nH]c2C1. The molecule has 0 saturated heterocycles. The van der Waals surface area contributed by atoms with Crippen molar-refractivity contribution in [2.45, 2.75) is 13.0 Å². The molecule has 8 nitrogen and oxygen atoms in total. The zero-order valence-electron chi connectivity index (χ0n) is 14.2. The van der Waals surface area contributed by atoms with Crippen LogP contribution in [0.4, 0.5) is 10.2 Å². The zero-order valence-corrected chi connectivity index (χ0v) is 14.2. The van der Waals surface area contributed by atoms with Crippen molar-refractivity contribution >= 4 is 11.3 Å². The van der Waals surface area contributed by atoms with Crippen LogP contribution in [0.15, 0.2) is 49.4 Å². The summed E-state index contributed by atoms with van der Waals surface area (Å²) in [7, 11) is 0. The predicted molar refractivity (Wildman–Crippen MR) is 95.2 cm³/mol. The number of hydrogen-bond acceptors (Lipinski definition) is 6. The minimum absolute atomic E-state index is 0.236. The number of hydrogen-bond donors (Lipinski definition) is 1. The zero-order chi connectivity index (χ0) is 18.6. The Morgan fingerprint density at radius 1 is 1.26 bits per heavy atom. The highest BCUT2D eigenvalue weighted by molar-refractivity contribution is 5.53. The van der Waals surface area contributed by atoms with Crippen LogP contribution in [0.25, 0.3) is 5.52 Å². The molecule has 0 aliphatic carbocycles. The van der Waals surface area contributed by atoms with Gasteiger partial charge in [-0.25, -0.2) is 23.9 Å². The third kappa shape index (κ3) is 3.32. The molecule has 0 amide bonds. The summed E-state index contributed by atoms with van der Waals surface area (Å²) in [5, 5.41) is 12.9. The lowest BCUT2D eigenvalue weighted by Gasteiger charge is -2.27. The van der Waals surface area contributed by atoms with Crippen molar-refractivity contribution in [3.63, 3.8) is 0 Å². The second kappa shape index (κ2) is 7.21. The Bertz CT molecular complexity index is 1110. The summed E-state index contributed by atoms with van der Waals surface area (Å²) in [6.45, 7) is 1.53. The van der Waals surface area contributed by atoms with E-state index in [2.05, 4.69) is 36.0 Å². The van der Waals surface area contributed by atoms with E-state index in [9.17, 15) is 4.39 Å². The van der Waals surface area contributed by atoms with Crippen LogP contribution in [-0.4, -0.2) is 36.1 Å². The standard InChI is InChI=1S/C11H10N6.C7H5FN2/c12-3-8-4-13-6-16-11(8)17-2-1-9-10(5-17)15-7-14-9;8-6-2-1-5-10-7(6)3-4-9-10/h4,6-7H,1-2,5H2,(H,14,15);1-5H. The molecule has 1 aliphatic heterocycles. The third-order valence-electron chi connectivity index (χ3n) is 4.27. The number of nitriles is 1. The van der Waals surface area contributed by atoms with Crippen molar-refractivity contribution in [2.75, 3.05) is 11.4 Å². The first-order chi connectivity index (χ1) is 13.3. The first-order valence-corrected chi connectivity index (χ1v) is 8.30. The van der Waals surface area contributed by atoms with Crippen LogP contribution in [-0.2, 0) is 13.0 Å². The first-order valence-electron chi connectivity index (χ1n) is 8.30. The molecule has 134 valence electrons. The number of halogens is 1. The monoisotopic (exact) mass is 362 g/mol. The van der Waals surface area contributed by atoms with Gasteiger partial charge >= 0.3 is 0 Å². The summed E-state index contributed by atoms with van der Waals surface area (Å²) in [5.74, 6) is 0.461. The Labute approximate surface area is 153 Å². The maximum absolute atomic E-state index is 12.8. The van der Waals surface area contributed by atoms with Crippen LogP contribution in [0.3, 0.4) is 0 Å². The number of aromatic amines is 1. The average Bonchev–Trinajstić information content (AvgIpc) is 3.37. The maximum Gasteiger partial charge on any atom is 0.150 e. The van der Waals surface area contributed by atoms with Gasteiger partial charge < -0.3 is 9.88 Å². The molecule has 0 bridgehead atoms. The Morgan fingerprint density at radius 2 is 2.19 bits per heavy atom. The second-order valence-corrected chi connectivity index (χ2v) is 5.89. The van der Waals surface area contributed by atoms with Gasteiger partial charge in [-0.2, -0.15) is 10.4 Å². The smallest absolute Gasteiger partial charge is 0.150 e. The van der Waals surface area contributed by atoms with Crippen LogP contribution in [0.1, 0.15) is 17.0 Å². The van der Waals surface area contributed by atoms with E-state index in [0.717, 1.165) is 24.4 Å². The van der Waals surface area contributed by atoms with E-state index < -0.39 is 0 Å². The summed E-state index contributed by atoms with van der Waals surface area (Å²) in [6.07, 6.45) is 8.87. The summed E-state index contributed by atoms with van der Waals surface area (Å²) >= 11 is 0. The van der Waals surface area contributed by atoms with E-state index in [1.807, 2.05) is 0 Å². The minimum Gasteiger partial charge on any atom is -0.349 e. The molecule has 27 heavy (non-hydrogen) atoms. The number of nitrogens with one attached hydrogen (secondary N) is 1. The highest BCUT2D eigenvalue weighted by atomic mass is 19.1. The quantitative estimate of drug-likeness (QED) is 0.557. The number of rotatable bonds is 1. The molecule has 0 spiro atoms. The highest BCUT2D eigenvalue weighted by Gasteiger charge is 2.21. The highest BCUT2D eigenvalue weighted by Crippen LogP contribution is 2.22. The van der Waals surface area contributed by atoms with Gasteiger partial charge in [0.25, 0.3) is 0 Å². The number of pyridine rings is 1. The van der Waals surface area contributed by atoms with Crippen molar-refractivity contribution in [3.8, 4) is 6.07 Å². The van der Waals surface area contributed by atoms with E-state index in [1.54, 1.807) is 37.1 Å². The van der Waals surface area contributed by atoms with Crippen molar-refractivity contribution in [2.24, 2.45) is 0 Å². The van der Waals surface area contributed by atoms with Crippen LogP contribution >= 0.6 is 0 Å². The normalized spacial score (nSPS) is 12.8. The van der Waals surface area contributed by atoms with E-state index in [-0.39, 0.29) is 5.82 Å². The molecule has 0 saturated carbocycles. The van der Waals surface area contributed by atoms with E-state index in [0.29, 0.717) is 23.4 Å². The van der Waals surface area contributed by atoms with Gasteiger partial charge in [-0.05, 0) is 18.2 Å². The van der Waals surface area contributed by atoms with E-state index >= 15 is 0 Å². The topological polar surface area (TPSA) is 98.8 Å². The lowest BCUT2D eigenvalue weighted by molar-refractivity contribution is 0.630. The van der Waals surface area contributed by atoms with Gasteiger partial charge in [-0.1, -0.05) is 0 Å². The Kier molecular flexibility index (Phi) is 4.45. The third-order valence-corrected chi connectivity index (χ3v) is 4.27. The van der Waals surface area contributed by atoms with Gasteiger partial charge in [0.05, 0.1) is 36.7 Å².